The zero-order valence-electron chi connectivity index (χ0n) is 6.47. The molecule has 0 atom stereocenters. The lowest BCUT2D eigenvalue weighted by molar-refractivity contribution is 0.624. The van der Waals surface area contributed by atoms with Crippen molar-refractivity contribution < 1.29 is 4.39 Å². The zero-order chi connectivity index (χ0) is 8.27. The van der Waals surface area contributed by atoms with Gasteiger partial charge in [0.1, 0.15) is 11.9 Å². The number of nitriles is 1. The number of nitrogens with one attached hydrogen (secondary N) is 1. The number of benzene rings is 1. The van der Waals surface area contributed by atoms with E-state index in [2.05, 4.69) is 5.32 Å². The number of halogens is 2. The third-order valence-electron chi connectivity index (χ3n) is 1.38. The molecule has 0 fully saturated rings. The van der Waals surface area contributed by atoms with E-state index in [1.807, 2.05) is 0 Å². The highest BCUT2D eigenvalue weighted by Crippen LogP contribution is 2.12. The zero-order valence-corrected chi connectivity index (χ0v) is 7.28. The van der Waals surface area contributed by atoms with Crippen molar-refractivity contribution in [3.05, 3.63) is 29.6 Å². The van der Waals surface area contributed by atoms with E-state index in [1.165, 1.54) is 12.1 Å². The Labute approximate surface area is 76.4 Å². The van der Waals surface area contributed by atoms with E-state index in [-0.39, 0.29) is 18.0 Å². The number of anilines is 1. The van der Waals surface area contributed by atoms with Gasteiger partial charge in [-0.25, -0.2) is 4.39 Å². The molecule has 0 saturated carbocycles. The standard InChI is InChI=1S/C8H7FN2.ClH/c1-11-7-3-2-6(5-10)8(9)4-7;/h2-4,11H,1H3;1H. The predicted molar refractivity (Wildman–Crippen MR) is 47.9 cm³/mol. The van der Waals surface area contributed by atoms with E-state index in [9.17, 15) is 4.39 Å². The summed E-state index contributed by atoms with van der Waals surface area (Å²) in [5.74, 6) is -0.487. The maximum atomic E-state index is 12.8. The Morgan fingerprint density at radius 3 is 2.58 bits per heavy atom. The van der Waals surface area contributed by atoms with Crippen LogP contribution in [0.15, 0.2) is 18.2 Å². The molecule has 0 bridgehead atoms. The molecule has 0 aromatic heterocycles. The SMILES string of the molecule is CNc1ccc(C#N)c(F)c1.Cl. The fraction of sp³-hybridized carbons (Fsp3) is 0.125. The Balaban J connectivity index is 0.00000121. The van der Waals surface area contributed by atoms with Crippen LogP contribution >= 0.6 is 12.4 Å². The molecule has 0 aliphatic heterocycles. The lowest BCUT2D eigenvalue weighted by Crippen LogP contribution is -1.90. The van der Waals surface area contributed by atoms with Crippen LogP contribution in [-0.4, -0.2) is 7.05 Å². The van der Waals surface area contributed by atoms with Crippen molar-refractivity contribution in [1.29, 1.82) is 5.26 Å². The monoisotopic (exact) mass is 186 g/mol. The molecule has 2 nitrogen and oxygen atoms in total. The Bertz CT molecular complexity index is 306. The maximum absolute atomic E-state index is 12.8. The minimum Gasteiger partial charge on any atom is -0.388 e. The average molecular weight is 187 g/mol. The molecule has 0 amide bonds. The molecule has 64 valence electrons. The van der Waals surface area contributed by atoms with E-state index in [0.29, 0.717) is 5.69 Å². The van der Waals surface area contributed by atoms with Crippen LogP contribution in [0.25, 0.3) is 0 Å². The molecule has 12 heavy (non-hydrogen) atoms. The summed E-state index contributed by atoms with van der Waals surface area (Å²) in [7, 11) is 1.70. The van der Waals surface area contributed by atoms with Crippen LogP contribution < -0.4 is 5.32 Å². The van der Waals surface area contributed by atoms with Crippen molar-refractivity contribution >= 4 is 18.1 Å². The molecule has 1 aromatic carbocycles. The van der Waals surface area contributed by atoms with Gasteiger partial charge in [-0.2, -0.15) is 5.26 Å². The highest BCUT2D eigenvalue weighted by molar-refractivity contribution is 5.85. The molecule has 1 N–H and O–H groups in total. The first-order valence-corrected chi connectivity index (χ1v) is 3.15. The first-order chi connectivity index (χ1) is 5.27. The first kappa shape index (κ1) is 10.7. The normalized spacial score (nSPS) is 8.08. The van der Waals surface area contributed by atoms with E-state index < -0.39 is 5.82 Å². The molecule has 0 spiro atoms. The molecular formula is C8H8ClFN2. The molecule has 0 aliphatic carbocycles. The van der Waals surface area contributed by atoms with Crippen LogP contribution in [-0.2, 0) is 0 Å². The average Bonchev–Trinajstić information content (AvgIpc) is 2.04. The molecule has 0 aliphatic rings. The first-order valence-electron chi connectivity index (χ1n) is 3.15. The number of hydrogen-bond acceptors (Lipinski definition) is 2. The highest BCUT2D eigenvalue weighted by atomic mass is 35.5. The second-order valence-electron chi connectivity index (χ2n) is 2.06. The fourth-order valence-corrected chi connectivity index (χ4v) is 0.761. The van der Waals surface area contributed by atoms with Crippen molar-refractivity contribution in [1.82, 2.24) is 0 Å². The molecule has 4 heteroatoms. The molecule has 0 unspecified atom stereocenters. The summed E-state index contributed by atoms with van der Waals surface area (Å²) in [6.07, 6.45) is 0. The van der Waals surface area contributed by atoms with Gasteiger partial charge in [0.05, 0.1) is 5.56 Å². The predicted octanol–water partition coefficient (Wildman–Crippen LogP) is 2.16. The van der Waals surface area contributed by atoms with Gasteiger partial charge in [-0.15, -0.1) is 12.4 Å². The molecule has 1 aromatic rings. The molecule has 0 heterocycles. The Kier molecular flexibility index (Phi) is 4.09. The minimum atomic E-state index is -0.487. The molecule has 1 rings (SSSR count). The van der Waals surface area contributed by atoms with E-state index in [1.54, 1.807) is 19.2 Å². The summed E-state index contributed by atoms with van der Waals surface area (Å²) < 4.78 is 12.8. The van der Waals surface area contributed by atoms with Gasteiger partial charge >= 0.3 is 0 Å². The summed E-state index contributed by atoms with van der Waals surface area (Å²) in [5, 5.41) is 11.1. The number of hydrogen-bond donors (Lipinski definition) is 1. The van der Waals surface area contributed by atoms with E-state index in [0.717, 1.165) is 0 Å². The fourth-order valence-electron chi connectivity index (χ4n) is 0.761. The van der Waals surface area contributed by atoms with Crippen LogP contribution in [0.3, 0.4) is 0 Å². The van der Waals surface area contributed by atoms with Gasteiger partial charge in [0.25, 0.3) is 0 Å². The summed E-state index contributed by atoms with van der Waals surface area (Å²) in [6.45, 7) is 0. The van der Waals surface area contributed by atoms with Crippen molar-refractivity contribution in [2.75, 3.05) is 12.4 Å². The van der Waals surface area contributed by atoms with Crippen LogP contribution in [0.5, 0.6) is 0 Å². The minimum absolute atomic E-state index is 0. The lowest BCUT2D eigenvalue weighted by atomic mass is 10.2. The van der Waals surface area contributed by atoms with Gasteiger partial charge in [0.2, 0.25) is 0 Å². The molecule has 0 radical (unpaired) electrons. The van der Waals surface area contributed by atoms with Crippen LogP contribution in [0.4, 0.5) is 10.1 Å². The summed E-state index contributed by atoms with van der Waals surface area (Å²) in [5.41, 5.74) is 0.741. The summed E-state index contributed by atoms with van der Waals surface area (Å²) in [4.78, 5) is 0. The van der Waals surface area contributed by atoms with Gasteiger partial charge in [-0.3, -0.25) is 0 Å². The Hall–Kier alpha value is -1.27. The quantitative estimate of drug-likeness (QED) is 0.730. The van der Waals surface area contributed by atoms with Crippen molar-refractivity contribution in [2.24, 2.45) is 0 Å². The van der Waals surface area contributed by atoms with Crippen molar-refractivity contribution in [3.63, 3.8) is 0 Å². The van der Waals surface area contributed by atoms with Crippen molar-refractivity contribution in [2.45, 2.75) is 0 Å². The highest BCUT2D eigenvalue weighted by Gasteiger charge is 1.99. The molecule has 0 saturated heterocycles. The second kappa shape index (κ2) is 4.58. The van der Waals surface area contributed by atoms with Gasteiger partial charge in [-0.05, 0) is 18.2 Å². The topological polar surface area (TPSA) is 35.8 Å². The Morgan fingerprint density at radius 1 is 1.50 bits per heavy atom. The Morgan fingerprint density at radius 2 is 2.17 bits per heavy atom. The number of nitrogens with zero attached hydrogens (tertiary/aromatic N) is 1. The maximum Gasteiger partial charge on any atom is 0.143 e. The van der Waals surface area contributed by atoms with Crippen molar-refractivity contribution in [3.8, 4) is 6.07 Å². The van der Waals surface area contributed by atoms with Gasteiger partial charge in [0.15, 0.2) is 0 Å². The van der Waals surface area contributed by atoms with Crippen LogP contribution in [0, 0.1) is 17.1 Å². The second-order valence-corrected chi connectivity index (χ2v) is 2.06. The summed E-state index contributed by atoms with van der Waals surface area (Å²) >= 11 is 0. The van der Waals surface area contributed by atoms with Crippen LogP contribution in [0.1, 0.15) is 5.56 Å². The van der Waals surface area contributed by atoms with Crippen LogP contribution in [0.2, 0.25) is 0 Å². The summed E-state index contributed by atoms with van der Waals surface area (Å²) in [6, 6.07) is 6.13. The molecular weight excluding hydrogens is 179 g/mol. The third-order valence-corrected chi connectivity index (χ3v) is 1.38. The van der Waals surface area contributed by atoms with Gasteiger partial charge in [0, 0.05) is 12.7 Å². The third kappa shape index (κ3) is 2.11. The smallest absolute Gasteiger partial charge is 0.143 e. The van der Waals surface area contributed by atoms with E-state index in [4.69, 9.17) is 5.26 Å². The van der Waals surface area contributed by atoms with E-state index >= 15 is 0 Å². The lowest BCUT2D eigenvalue weighted by Gasteiger charge is -1.98. The van der Waals surface area contributed by atoms with Gasteiger partial charge in [-0.1, -0.05) is 0 Å². The number of rotatable bonds is 1. The largest absolute Gasteiger partial charge is 0.388 e. The van der Waals surface area contributed by atoms with Gasteiger partial charge < -0.3 is 5.32 Å².